The van der Waals surface area contributed by atoms with Gasteiger partial charge < -0.3 is 14.9 Å². The molecule has 0 saturated carbocycles. The van der Waals surface area contributed by atoms with E-state index in [1.165, 1.54) is 5.69 Å². The molecular formula is C18H20N2O2. The monoisotopic (exact) mass is 296 g/mol. The summed E-state index contributed by atoms with van der Waals surface area (Å²) in [6.07, 6.45) is 0. The summed E-state index contributed by atoms with van der Waals surface area (Å²) in [7, 11) is 0. The summed E-state index contributed by atoms with van der Waals surface area (Å²) in [6, 6.07) is 15.5. The van der Waals surface area contributed by atoms with Crippen LogP contribution in [0, 0.1) is 6.92 Å². The van der Waals surface area contributed by atoms with Gasteiger partial charge in [-0.3, -0.25) is 4.79 Å². The number of nitrogens with zero attached hydrogens (tertiary/aromatic N) is 2. The van der Waals surface area contributed by atoms with Crippen LogP contribution in [0.25, 0.3) is 0 Å². The van der Waals surface area contributed by atoms with Gasteiger partial charge in [0.15, 0.2) is 0 Å². The number of hydrogen-bond donors (Lipinski definition) is 1. The van der Waals surface area contributed by atoms with Crippen molar-refractivity contribution in [2.75, 3.05) is 31.1 Å². The first-order valence-corrected chi connectivity index (χ1v) is 7.54. The summed E-state index contributed by atoms with van der Waals surface area (Å²) >= 11 is 0. The first-order chi connectivity index (χ1) is 10.7. The third-order valence-electron chi connectivity index (χ3n) is 4.16. The average molecular weight is 296 g/mol. The number of para-hydroxylation sites is 2. The maximum Gasteiger partial charge on any atom is 0.257 e. The average Bonchev–Trinajstić information content (AvgIpc) is 2.58. The van der Waals surface area contributed by atoms with Crippen LogP contribution in [0.5, 0.6) is 5.75 Å². The Hall–Kier alpha value is -2.49. The Bertz CT molecular complexity index is 662. The van der Waals surface area contributed by atoms with Gasteiger partial charge in [0.2, 0.25) is 0 Å². The summed E-state index contributed by atoms with van der Waals surface area (Å²) in [4.78, 5) is 16.7. The van der Waals surface area contributed by atoms with Crippen LogP contribution in [0.4, 0.5) is 5.69 Å². The van der Waals surface area contributed by atoms with E-state index in [1.54, 1.807) is 19.1 Å². The molecule has 22 heavy (non-hydrogen) atoms. The van der Waals surface area contributed by atoms with Crippen molar-refractivity contribution in [1.82, 2.24) is 4.90 Å². The van der Waals surface area contributed by atoms with Crippen molar-refractivity contribution in [3.63, 3.8) is 0 Å². The molecule has 3 rings (SSSR count). The number of aromatic hydroxyl groups is 1. The maximum atomic E-state index is 12.6. The van der Waals surface area contributed by atoms with Crippen molar-refractivity contribution in [3.05, 3.63) is 59.7 Å². The number of piperazine rings is 1. The van der Waals surface area contributed by atoms with Crippen LogP contribution in [0.3, 0.4) is 0 Å². The lowest BCUT2D eigenvalue weighted by Crippen LogP contribution is -2.48. The van der Waals surface area contributed by atoms with E-state index in [1.807, 2.05) is 29.2 Å². The fraction of sp³-hybridized carbons (Fsp3) is 0.278. The molecule has 2 aromatic carbocycles. The number of anilines is 1. The van der Waals surface area contributed by atoms with E-state index in [0.29, 0.717) is 18.7 Å². The molecule has 1 fully saturated rings. The number of rotatable bonds is 2. The van der Waals surface area contributed by atoms with Crippen LogP contribution in [0.15, 0.2) is 48.5 Å². The summed E-state index contributed by atoms with van der Waals surface area (Å²) in [6.45, 7) is 4.76. The minimum atomic E-state index is -0.0890. The van der Waals surface area contributed by atoms with Crippen molar-refractivity contribution < 1.29 is 9.90 Å². The number of phenols is 1. The lowest BCUT2D eigenvalue weighted by atomic mass is 10.1. The molecule has 0 bridgehead atoms. The van der Waals surface area contributed by atoms with E-state index in [9.17, 15) is 9.90 Å². The van der Waals surface area contributed by atoms with Gasteiger partial charge in [-0.1, -0.05) is 30.3 Å². The zero-order chi connectivity index (χ0) is 15.5. The molecule has 1 aliphatic rings. The molecule has 1 N–H and O–H groups in total. The second-order valence-corrected chi connectivity index (χ2v) is 5.59. The third-order valence-corrected chi connectivity index (χ3v) is 4.16. The van der Waals surface area contributed by atoms with Crippen molar-refractivity contribution in [3.8, 4) is 5.75 Å². The number of aryl methyl sites for hydroxylation is 1. The highest BCUT2D eigenvalue weighted by Crippen LogP contribution is 2.24. The van der Waals surface area contributed by atoms with E-state index < -0.39 is 0 Å². The quantitative estimate of drug-likeness (QED) is 0.926. The molecule has 0 aromatic heterocycles. The van der Waals surface area contributed by atoms with Crippen LogP contribution in [-0.4, -0.2) is 42.1 Å². The van der Waals surface area contributed by atoms with Crippen LogP contribution in [0.1, 0.15) is 15.9 Å². The van der Waals surface area contributed by atoms with Gasteiger partial charge in [-0.25, -0.2) is 0 Å². The third kappa shape index (κ3) is 2.77. The molecule has 0 radical (unpaired) electrons. The molecular weight excluding hydrogens is 276 g/mol. The number of benzene rings is 2. The number of phenolic OH excluding ortho intramolecular Hbond substituents is 1. The maximum absolute atomic E-state index is 12.6. The largest absolute Gasteiger partial charge is 0.507 e. The van der Waals surface area contributed by atoms with Gasteiger partial charge in [-0.2, -0.15) is 0 Å². The van der Waals surface area contributed by atoms with Crippen molar-refractivity contribution in [2.24, 2.45) is 0 Å². The topological polar surface area (TPSA) is 43.8 Å². The van der Waals surface area contributed by atoms with E-state index in [2.05, 4.69) is 17.0 Å². The molecule has 0 spiro atoms. The van der Waals surface area contributed by atoms with E-state index in [-0.39, 0.29) is 11.7 Å². The predicted molar refractivity (Wildman–Crippen MR) is 87.4 cm³/mol. The normalized spacial score (nSPS) is 15.0. The van der Waals surface area contributed by atoms with Crippen LogP contribution < -0.4 is 4.90 Å². The number of carbonyl (C=O) groups excluding carboxylic acids is 1. The summed E-state index contributed by atoms with van der Waals surface area (Å²) in [5.74, 6) is 0.00639. The van der Waals surface area contributed by atoms with Crippen molar-refractivity contribution in [2.45, 2.75) is 6.92 Å². The van der Waals surface area contributed by atoms with Gasteiger partial charge in [0, 0.05) is 31.9 Å². The van der Waals surface area contributed by atoms with Crippen molar-refractivity contribution in [1.29, 1.82) is 0 Å². The van der Waals surface area contributed by atoms with E-state index in [0.717, 1.165) is 18.7 Å². The first-order valence-electron chi connectivity index (χ1n) is 7.54. The summed E-state index contributed by atoms with van der Waals surface area (Å²) in [5.41, 5.74) is 2.31. The molecule has 2 aromatic rings. The number of carbonyl (C=O) groups is 1. The number of amides is 1. The molecule has 114 valence electrons. The second kappa shape index (κ2) is 6.10. The zero-order valence-corrected chi connectivity index (χ0v) is 12.7. The Balaban J connectivity index is 1.69. The van der Waals surface area contributed by atoms with Crippen molar-refractivity contribution >= 4 is 11.6 Å². The Morgan fingerprint density at radius 1 is 0.955 bits per heavy atom. The summed E-state index contributed by atoms with van der Waals surface area (Å²) < 4.78 is 0. The van der Waals surface area contributed by atoms with Gasteiger partial charge >= 0.3 is 0 Å². The van der Waals surface area contributed by atoms with Gasteiger partial charge in [0.1, 0.15) is 5.75 Å². The molecule has 1 amide bonds. The zero-order valence-electron chi connectivity index (χ0n) is 12.7. The van der Waals surface area contributed by atoms with Gasteiger partial charge in [-0.05, 0) is 30.7 Å². The van der Waals surface area contributed by atoms with E-state index >= 15 is 0 Å². The Kier molecular flexibility index (Phi) is 4.00. The van der Waals surface area contributed by atoms with Gasteiger partial charge in [-0.15, -0.1) is 0 Å². The lowest BCUT2D eigenvalue weighted by Gasteiger charge is -2.36. The fourth-order valence-electron chi connectivity index (χ4n) is 2.81. The standard InChI is InChI=1S/C18H20N2O2/c1-14-6-5-9-16(17(14)21)18(22)20-12-10-19(11-13-20)15-7-3-2-4-8-15/h2-9,21H,10-13H2,1H3. The fourth-order valence-corrected chi connectivity index (χ4v) is 2.81. The predicted octanol–water partition coefficient (Wildman–Crippen LogP) is 2.66. The Morgan fingerprint density at radius 2 is 1.64 bits per heavy atom. The first kappa shape index (κ1) is 14.4. The van der Waals surface area contributed by atoms with Crippen LogP contribution in [0.2, 0.25) is 0 Å². The molecule has 0 unspecified atom stereocenters. The van der Waals surface area contributed by atoms with Crippen LogP contribution >= 0.6 is 0 Å². The highest BCUT2D eigenvalue weighted by atomic mass is 16.3. The molecule has 4 heteroatoms. The highest BCUT2D eigenvalue weighted by molar-refractivity contribution is 5.97. The SMILES string of the molecule is Cc1cccc(C(=O)N2CCN(c3ccccc3)CC2)c1O. The molecule has 0 aliphatic carbocycles. The Morgan fingerprint density at radius 3 is 2.32 bits per heavy atom. The van der Waals surface area contributed by atoms with E-state index in [4.69, 9.17) is 0 Å². The second-order valence-electron chi connectivity index (χ2n) is 5.59. The number of hydrogen-bond acceptors (Lipinski definition) is 3. The smallest absolute Gasteiger partial charge is 0.257 e. The minimum absolute atomic E-state index is 0.0890. The molecule has 0 atom stereocenters. The van der Waals surface area contributed by atoms with Gasteiger partial charge in [0.25, 0.3) is 5.91 Å². The van der Waals surface area contributed by atoms with Crippen LogP contribution in [-0.2, 0) is 0 Å². The minimum Gasteiger partial charge on any atom is -0.507 e. The highest BCUT2D eigenvalue weighted by Gasteiger charge is 2.24. The summed E-state index contributed by atoms with van der Waals surface area (Å²) in [5, 5.41) is 10.1. The Labute approximate surface area is 130 Å². The molecule has 1 saturated heterocycles. The molecule has 1 heterocycles. The lowest BCUT2D eigenvalue weighted by molar-refractivity contribution is 0.0743. The molecule has 4 nitrogen and oxygen atoms in total. The van der Waals surface area contributed by atoms with Gasteiger partial charge in [0.05, 0.1) is 5.56 Å². The molecule has 1 aliphatic heterocycles.